The first-order chi connectivity index (χ1) is 9.98. The van der Waals surface area contributed by atoms with Crippen molar-refractivity contribution in [3.05, 3.63) is 29.3 Å². The normalized spacial score (nSPS) is 25.1. The van der Waals surface area contributed by atoms with Gasteiger partial charge in [-0.25, -0.2) is 0 Å². The minimum Gasteiger partial charge on any atom is -0.374 e. The number of fused-ring (bicyclic) bond motifs is 1. The van der Waals surface area contributed by atoms with Gasteiger partial charge in [0.05, 0.1) is 0 Å². The molecular formula is C18H29N3. The Morgan fingerprint density at radius 2 is 2.24 bits per heavy atom. The van der Waals surface area contributed by atoms with E-state index < -0.39 is 0 Å². The molecule has 2 aliphatic rings. The summed E-state index contributed by atoms with van der Waals surface area (Å²) >= 11 is 0. The van der Waals surface area contributed by atoms with Gasteiger partial charge >= 0.3 is 0 Å². The van der Waals surface area contributed by atoms with E-state index in [9.17, 15) is 0 Å². The number of hydrogen-bond acceptors (Lipinski definition) is 3. The van der Waals surface area contributed by atoms with E-state index in [2.05, 4.69) is 49.3 Å². The second-order valence-corrected chi connectivity index (χ2v) is 7.62. The average molecular weight is 287 g/mol. The fourth-order valence-corrected chi connectivity index (χ4v) is 3.97. The van der Waals surface area contributed by atoms with E-state index in [0.29, 0.717) is 24.0 Å². The molecule has 1 aliphatic carbocycles. The molecule has 2 atom stereocenters. The number of likely N-dealkylation sites (N-methyl/N-ethyl adjacent to an activating group) is 1. The maximum absolute atomic E-state index is 6.05. The third-order valence-electron chi connectivity index (χ3n) is 5.27. The van der Waals surface area contributed by atoms with Crippen LogP contribution < -0.4 is 16.0 Å². The molecule has 2 unspecified atom stereocenters. The summed E-state index contributed by atoms with van der Waals surface area (Å²) < 4.78 is 0. The zero-order valence-electron chi connectivity index (χ0n) is 13.7. The summed E-state index contributed by atoms with van der Waals surface area (Å²) in [5.74, 6) is 0. The van der Waals surface area contributed by atoms with Crippen molar-refractivity contribution in [3.8, 4) is 0 Å². The van der Waals surface area contributed by atoms with E-state index in [1.54, 1.807) is 0 Å². The topological polar surface area (TPSA) is 41.3 Å². The second kappa shape index (κ2) is 5.62. The number of benzene rings is 1. The quantitative estimate of drug-likeness (QED) is 0.895. The van der Waals surface area contributed by atoms with Crippen molar-refractivity contribution < 1.29 is 0 Å². The highest BCUT2D eigenvalue weighted by molar-refractivity contribution is 5.58. The number of nitrogens with one attached hydrogen (secondary N) is 1. The molecule has 0 bridgehead atoms. The van der Waals surface area contributed by atoms with Crippen molar-refractivity contribution >= 4 is 5.69 Å². The zero-order valence-corrected chi connectivity index (χ0v) is 13.7. The Morgan fingerprint density at radius 3 is 2.90 bits per heavy atom. The molecule has 21 heavy (non-hydrogen) atoms. The van der Waals surface area contributed by atoms with Crippen LogP contribution in [-0.4, -0.2) is 26.2 Å². The highest BCUT2D eigenvalue weighted by Crippen LogP contribution is 2.38. The third kappa shape index (κ3) is 3.09. The van der Waals surface area contributed by atoms with Crippen molar-refractivity contribution in [3.63, 3.8) is 0 Å². The summed E-state index contributed by atoms with van der Waals surface area (Å²) in [5.41, 5.74) is 10.8. The summed E-state index contributed by atoms with van der Waals surface area (Å²) in [6.45, 7) is 6.55. The first kappa shape index (κ1) is 14.9. The van der Waals surface area contributed by atoms with E-state index in [4.69, 9.17) is 5.73 Å². The van der Waals surface area contributed by atoms with Gasteiger partial charge in [-0.3, -0.25) is 0 Å². The van der Waals surface area contributed by atoms with Gasteiger partial charge in [-0.05, 0) is 48.3 Å². The molecular weight excluding hydrogens is 258 g/mol. The molecule has 1 heterocycles. The molecule has 1 aromatic rings. The van der Waals surface area contributed by atoms with Gasteiger partial charge in [0, 0.05) is 37.9 Å². The number of rotatable bonds is 4. The van der Waals surface area contributed by atoms with Crippen LogP contribution >= 0.6 is 0 Å². The molecule has 0 amide bonds. The zero-order chi connectivity index (χ0) is 15.0. The maximum atomic E-state index is 6.05. The number of nitrogens with zero attached hydrogens (tertiary/aromatic N) is 1. The van der Waals surface area contributed by atoms with Crippen LogP contribution in [-0.2, 0) is 6.42 Å². The van der Waals surface area contributed by atoms with Crippen LogP contribution in [0.15, 0.2) is 18.2 Å². The molecule has 0 spiro atoms. The lowest BCUT2D eigenvalue weighted by Gasteiger charge is -2.24. The lowest BCUT2D eigenvalue weighted by molar-refractivity contribution is 0.353. The minimum atomic E-state index is 0.292. The molecule has 116 valence electrons. The van der Waals surface area contributed by atoms with Crippen LogP contribution in [0, 0.1) is 5.41 Å². The van der Waals surface area contributed by atoms with Gasteiger partial charge in [0.15, 0.2) is 0 Å². The molecule has 3 nitrogen and oxygen atoms in total. The van der Waals surface area contributed by atoms with Crippen molar-refractivity contribution in [2.45, 2.75) is 51.6 Å². The number of hydrogen-bond donors (Lipinski definition) is 2. The molecule has 0 aromatic heterocycles. The van der Waals surface area contributed by atoms with Gasteiger partial charge in [-0.2, -0.15) is 0 Å². The van der Waals surface area contributed by atoms with Crippen molar-refractivity contribution in [1.82, 2.24) is 5.32 Å². The van der Waals surface area contributed by atoms with E-state index in [1.807, 2.05) is 0 Å². The maximum Gasteiger partial charge on any atom is 0.0446 e. The van der Waals surface area contributed by atoms with E-state index in [0.717, 1.165) is 13.0 Å². The summed E-state index contributed by atoms with van der Waals surface area (Å²) in [6, 6.07) is 7.79. The van der Waals surface area contributed by atoms with Crippen LogP contribution in [0.25, 0.3) is 0 Å². The van der Waals surface area contributed by atoms with Gasteiger partial charge < -0.3 is 16.0 Å². The lowest BCUT2D eigenvalue weighted by Crippen LogP contribution is -2.35. The summed E-state index contributed by atoms with van der Waals surface area (Å²) in [7, 11) is 2.17. The van der Waals surface area contributed by atoms with Gasteiger partial charge in [0.1, 0.15) is 0 Å². The van der Waals surface area contributed by atoms with Crippen molar-refractivity contribution in [2.24, 2.45) is 11.1 Å². The molecule has 1 aromatic carbocycles. The summed E-state index contributed by atoms with van der Waals surface area (Å²) in [5, 5.41) is 3.80. The highest BCUT2D eigenvalue weighted by Gasteiger charge is 2.32. The predicted molar refractivity (Wildman–Crippen MR) is 89.8 cm³/mol. The third-order valence-corrected chi connectivity index (χ3v) is 5.27. The molecule has 1 saturated carbocycles. The van der Waals surface area contributed by atoms with E-state index >= 15 is 0 Å². The summed E-state index contributed by atoms with van der Waals surface area (Å²) in [6.07, 6.45) is 5.01. The average Bonchev–Trinajstić information content (AvgIpc) is 2.99. The first-order valence-electron chi connectivity index (χ1n) is 8.28. The predicted octanol–water partition coefficient (Wildman–Crippen LogP) is 2.85. The molecule has 1 aliphatic heterocycles. The Morgan fingerprint density at radius 1 is 1.43 bits per heavy atom. The van der Waals surface area contributed by atoms with Crippen molar-refractivity contribution in [1.29, 1.82) is 0 Å². The Hall–Kier alpha value is -1.06. The van der Waals surface area contributed by atoms with Gasteiger partial charge in [0.2, 0.25) is 0 Å². The van der Waals surface area contributed by atoms with Crippen LogP contribution in [0.1, 0.15) is 50.3 Å². The molecule has 0 radical (unpaired) electrons. The Labute approximate surface area is 128 Å². The number of nitrogens with two attached hydrogens (primary N) is 1. The molecule has 3 N–H and O–H groups in total. The lowest BCUT2D eigenvalue weighted by atomic mass is 9.91. The van der Waals surface area contributed by atoms with Crippen LogP contribution in [0.5, 0.6) is 0 Å². The highest BCUT2D eigenvalue weighted by atomic mass is 15.1. The fraction of sp³-hybridized carbons (Fsp3) is 0.667. The molecule has 1 fully saturated rings. The Balaban J connectivity index is 1.72. The Bertz CT molecular complexity index is 509. The largest absolute Gasteiger partial charge is 0.374 e. The standard InChI is InChI=1S/C18H29N3/c1-18(2)8-6-15(11-18)20-16(12-19)13-4-5-17-14(10-13)7-9-21(17)3/h4-5,10,15-16,20H,6-9,11-12,19H2,1-3H3. The van der Waals surface area contributed by atoms with E-state index in [-0.39, 0.29) is 0 Å². The summed E-state index contributed by atoms with van der Waals surface area (Å²) in [4.78, 5) is 2.34. The second-order valence-electron chi connectivity index (χ2n) is 7.62. The van der Waals surface area contributed by atoms with Crippen LogP contribution in [0.4, 0.5) is 5.69 Å². The van der Waals surface area contributed by atoms with Crippen LogP contribution in [0.3, 0.4) is 0 Å². The van der Waals surface area contributed by atoms with Crippen LogP contribution in [0.2, 0.25) is 0 Å². The monoisotopic (exact) mass is 287 g/mol. The molecule has 0 saturated heterocycles. The first-order valence-corrected chi connectivity index (χ1v) is 8.28. The van der Waals surface area contributed by atoms with Gasteiger partial charge in [-0.15, -0.1) is 0 Å². The van der Waals surface area contributed by atoms with Gasteiger partial charge in [0.25, 0.3) is 0 Å². The SMILES string of the molecule is CN1CCc2cc(C(CN)NC3CCC(C)(C)C3)ccc21. The number of anilines is 1. The smallest absolute Gasteiger partial charge is 0.0446 e. The van der Waals surface area contributed by atoms with Crippen molar-refractivity contribution in [2.75, 3.05) is 25.0 Å². The van der Waals surface area contributed by atoms with Gasteiger partial charge in [-0.1, -0.05) is 26.0 Å². The Kier molecular flexibility index (Phi) is 3.98. The molecule has 3 rings (SSSR count). The minimum absolute atomic E-state index is 0.292. The fourth-order valence-electron chi connectivity index (χ4n) is 3.97. The van der Waals surface area contributed by atoms with E-state index in [1.165, 1.54) is 36.1 Å². The molecule has 3 heteroatoms.